The van der Waals surface area contributed by atoms with E-state index in [4.69, 9.17) is 14.2 Å². The molecule has 6 nitrogen and oxygen atoms in total. The number of methoxy groups -OCH3 is 1. The van der Waals surface area contributed by atoms with E-state index in [-0.39, 0.29) is 12.5 Å². The van der Waals surface area contributed by atoms with Gasteiger partial charge in [-0.1, -0.05) is 30.3 Å². The molecule has 0 bridgehead atoms. The number of carbonyl (C=O) groups excluding carboxylic acids is 2. The highest BCUT2D eigenvalue weighted by molar-refractivity contribution is 5.82. The summed E-state index contributed by atoms with van der Waals surface area (Å²) in [5.74, 6) is -0.319. The summed E-state index contributed by atoms with van der Waals surface area (Å²) in [6.07, 6.45) is 0.0218. The number of nitrogens with zero attached hydrogens (tertiary/aromatic N) is 1. The van der Waals surface area contributed by atoms with Crippen molar-refractivity contribution in [1.29, 1.82) is 0 Å². The zero-order valence-electron chi connectivity index (χ0n) is 15.4. The van der Waals surface area contributed by atoms with Crippen LogP contribution in [0, 0.1) is 5.92 Å². The van der Waals surface area contributed by atoms with Gasteiger partial charge in [-0.15, -0.1) is 0 Å². The minimum Gasteiger partial charge on any atom is -0.459 e. The van der Waals surface area contributed by atoms with Crippen LogP contribution in [-0.2, 0) is 25.6 Å². The lowest BCUT2D eigenvalue weighted by Crippen LogP contribution is -2.44. The highest BCUT2D eigenvalue weighted by Gasteiger charge is 2.42. The lowest BCUT2D eigenvalue weighted by Gasteiger charge is -2.27. The van der Waals surface area contributed by atoms with E-state index in [2.05, 4.69) is 0 Å². The lowest BCUT2D eigenvalue weighted by atomic mass is 10.1. The average Bonchev–Trinajstić information content (AvgIpc) is 2.97. The number of ether oxygens (including phenoxy) is 3. The Morgan fingerprint density at radius 3 is 2.48 bits per heavy atom. The second-order valence-electron chi connectivity index (χ2n) is 7.30. The van der Waals surface area contributed by atoms with Crippen molar-refractivity contribution in [3.63, 3.8) is 0 Å². The normalized spacial score (nSPS) is 20.4. The number of amides is 1. The first kappa shape index (κ1) is 19.2. The van der Waals surface area contributed by atoms with Crippen LogP contribution in [0.5, 0.6) is 0 Å². The third-order valence-electron chi connectivity index (χ3n) is 3.91. The predicted octanol–water partition coefficient (Wildman–Crippen LogP) is 3.00. The highest BCUT2D eigenvalue weighted by atomic mass is 16.6. The third-order valence-corrected chi connectivity index (χ3v) is 3.91. The van der Waals surface area contributed by atoms with E-state index in [0.717, 1.165) is 5.56 Å². The van der Waals surface area contributed by atoms with Crippen LogP contribution in [-0.4, -0.2) is 48.9 Å². The molecule has 0 N–H and O–H groups in total. The molecule has 1 aliphatic heterocycles. The molecular weight excluding hydrogens is 322 g/mol. The maximum atomic E-state index is 12.5. The second-order valence-corrected chi connectivity index (χ2v) is 7.30. The van der Waals surface area contributed by atoms with Crippen molar-refractivity contribution in [2.24, 2.45) is 5.92 Å². The molecule has 1 fully saturated rings. The fraction of sp³-hybridized carbons (Fsp3) is 0.579. The van der Waals surface area contributed by atoms with Crippen LogP contribution in [0.1, 0.15) is 32.8 Å². The van der Waals surface area contributed by atoms with E-state index in [1.807, 2.05) is 30.3 Å². The van der Waals surface area contributed by atoms with Gasteiger partial charge in [0.25, 0.3) is 0 Å². The molecule has 0 aromatic heterocycles. The fourth-order valence-electron chi connectivity index (χ4n) is 2.85. The summed E-state index contributed by atoms with van der Waals surface area (Å²) in [4.78, 5) is 26.5. The first-order valence-corrected chi connectivity index (χ1v) is 8.49. The van der Waals surface area contributed by atoms with Crippen LogP contribution in [0.3, 0.4) is 0 Å². The predicted molar refractivity (Wildman–Crippen MR) is 92.9 cm³/mol. The maximum Gasteiger partial charge on any atom is 0.411 e. The van der Waals surface area contributed by atoms with Crippen molar-refractivity contribution in [3.05, 3.63) is 35.9 Å². The zero-order valence-corrected chi connectivity index (χ0v) is 15.4. The Morgan fingerprint density at radius 2 is 1.88 bits per heavy atom. The molecule has 6 heteroatoms. The molecule has 1 aliphatic rings. The summed E-state index contributed by atoms with van der Waals surface area (Å²) in [5.41, 5.74) is 0.292. The molecule has 0 spiro atoms. The van der Waals surface area contributed by atoms with Gasteiger partial charge in [-0.05, 0) is 32.8 Å². The molecule has 2 unspecified atom stereocenters. The van der Waals surface area contributed by atoms with Gasteiger partial charge in [0.15, 0.2) is 0 Å². The summed E-state index contributed by atoms with van der Waals surface area (Å²) < 4.78 is 16.0. The second kappa shape index (κ2) is 8.34. The maximum absolute atomic E-state index is 12.5. The number of esters is 1. The van der Waals surface area contributed by atoms with Gasteiger partial charge in [-0.25, -0.2) is 9.59 Å². The number of carbonyl (C=O) groups is 2. The molecule has 2 atom stereocenters. The van der Waals surface area contributed by atoms with Crippen molar-refractivity contribution in [2.45, 2.75) is 45.4 Å². The Hall–Kier alpha value is -2.08. The first-order valence-electron chi connectivity index (χ1n) is 8.49. The van der Waals surface area contributed by atoms with Crippen LogP contribution in [0.2, 0.25) is 0 Å². The van der Waals surface area contributed by atoms with Gasteiger partial charge < -0.3 is 14.2 Å². The molecule has 0 saturated carbocycles. The van der Waals surface area contributed by atoms with Crippen LogP contribution in [0.4, 0.5) is 4.79 Å². The molecular formula is C19H27NO5. The Kier molecular flexibility index (Phi) is 6.42. The summed E-state index contributed by atoms with van der Waals surface area (Å²) in [7, 11) is 1.61. The molecule has 2 rings (SSSR count). The Balaban J connectivity index is 2.02. The van der Waals surface area contributed by atoms with Gasteiger partial charge in [-0.2, -0.15) is 0 Å². The van der Waals surface area contributed by atoms with Gasteiger partial charge in [0.05, 0.1) is 6.61 Å². The minimum absolute atomic E-state index is 0.0896. The number of hydrogen-bond donors (Lipinski definition) is 0. The monoisotopic (exact) mass is 349 g/mol. The van der Waals surface area contributed by atoms with E-state index in [1.54, 1.807) is 27.9 Å². The quantitative estimate of drug-likeness (QED) is 0.765. The average molecular weight is 349 g/mol. The van der Waals surface area contributed by atoms with Gasteiger partial charge in [0, 0.05) is 19.6 Å². The summed E-state index contributed by atoms with van der Waals surface area (Å²) in [6.45, 7) is 6.51. The van der Waals surface area contributed by atoms with Crippen LogP contribution in [0.15, 0.2) is 30.3 Å². The first-order chi connectivity index (χ1) is 11.8. The van der Waals surface area contributed by atoms with Gasteiger partial charge >= 0.3 is 12.1 Å². The molecule has 1 aromatic carbocycles. The SMILES string of the molecule is COCC1CC(C(=O)OCc2ccccc2)N(C(=O)OC(C)(C)C)C1. The molecule has 1 amide bonds. The highest BCUT2D eigenvalue weighted by Crippen LogP contribution is 2.27. The van der Waals surface area contributed by atoms with Crippen molar-refractivity contribution in [3.8, 4) is 0 Å². The number of rotatable bonds is 5. The summed E-state index contributed by atoms with van der Waals surface area (Å²) in [6, 6.07) is 8.82. The molecule has 1 aromatic rings. The van der Waals surface area contributed by atoms with E-state index in [9.17, 15) is 9.59 Å². The zero-order chi connectivity index (χ0) is 18.4. The summed E-state index contributed by atoms with van der Waals surface area (Å²) in [5, 5.41) is 0. The Labute approximate surface area is 149 Å². The van der Waals surface area contributed by atoms with Crippen molar-refractivity contribution in [1.82, 2.24) is 4.90 Å². The molecule has 138 valence electrons. The Morgan fingerprint density at radius 1 is 1.20 bits per heavy atom. The van der Waals surface area contributed by atoms with Crippen LogP contribution in [0.25, 0.3) is 0 Å². The Bertz CT molecular complexity index is 581. The molecule has 0 aliphatic carbocycles. The number of benzene rings is 1. The van der Waals surface area contributed by atoms with Crippen LogP contribution >= 0.6 is 0 Å². The molecule has 0 radical (unpaired) electrons. The van der Waals surface area contributed by atoms with Crippen LogP contribution < -0.4 is 0 Å². The largest absolute Gasteiger partial charge is 0.459 e. The smallest absolute Gasteiger partial charge is 0.411 e. The standard InChI is InChI=1S/C19H27NO5/c1-19(2,3)25-18(22)20-11-15(12-23-4)10-16(20)17(21)24-13-14-8-6-5-7-9-14/h5-9,15-16H,10-13H2,1-4H3. The number of likely N-dealkylation sites (tertiary alicyclic amines) is 1. The van der Waals surface area contributed by atoms with Gasteiger partial charge in [0.1, 0.15) is 18.2 Å². The molecule has 1 saturated heterocycles. The van der Waals surface area contributed by atoms with E-state index < -0.39 is 23.7 Å². The van der Waals surface area contributed by atoms with Crippen molar-refractivity contribution in [2.75, 3.05) is 20.3 Å². The van der Waals surface area contributed by atoms with E-state index in [0.29, 0.717) is 19.6 Å². The minimum atomic E-state index is -0.640. The molecule has 1 heterocycles. The van der Waals surface area contributed by atoms with E-state index >= 15 is 0 Å². The van der Waals surface area contributed by atoms with Gasteiger partial charge in [0.2, 0.25) is 0 Å². The summed E-state index contributed by atoms with van der Waals surface area (Å²) >= 11 is 0. The lowest BCUT2D eigenvalue weighted by molar-refractivity contribution is -0.150. The fourth-order valence-corrected chi connectivity index (χ4v) is 2.85. The third kappa shape index (κ3) is 5.74. The molecule has 25 heavy (non-hydrogen) atoms. The van der Waals surface area contributed by atoms with Crippen molar-refractivity contribution < 1.29 is 23.8 Å². The number of hydrogen-bond acceptors (Lipinski definition) is 5. The topological polar surface area (TPSA) is 65.1 Å². The van der Waals surface area contributed by atoms with E-state index in [1.165, 1.54) is 4.90 Å². The van der Waals surface area contributed by atoms with Gasteiger partial charge in [-0.3, -0.25) is 4.90 Å². The van der Waals surface area contributed by atoms with Crippen molar-refractivity contribution >= 4 is 12.1 Å².